The second-order valence-corrected chi connectivity index (χ2v) is 8.70. The maximum atomic E-state index is 13.1. The lowest BCUT2D eigenvalue weighted by molar-refractivity contribution is -0.384. The van der Waals surface area contributed by atoms with Gasteiger partial charge in [0.05, 0.1) is 22.8 Å². The highest BCUT2D eigenvalue weighted by Gasteiger charge is 2.47. The zero-order valence-corrected chi connectivity index (χ0v) is 17.7. The van der Waals surface area contributed by atoms with Crippen LogP contribution < -0.4 is 0 Å². The summed E-state index contributed by atoms with van der Waals surface area (Å²) in [6, 6.07) is 5.80. The number of esters is 1. The predicted octanol–water partition coefficient (Wildman–Crippen LogP) is 2.45. The molecule has 3 rings (SSSR count). The highest BCUT2D eigenvalue weighted by Crippen LogP contribution is 2.44. The van der Waals surface area contributed by atoms with Crippen molar-refractivity contribution >= 4 is 35.2 Å². The van der Waals surface area contributed by atoms with E-state index in [9.17, 15) is 24.5 Å². The van der Waals surface area contributed by atoms with Gasteiger partial charge in [0, 0.05) is 49.5 Å². The number of carbonyl (C=O) groups excluding carboxylic acids is 3. The summed E-state index contributed by atoms with van der Waals surface area (Å²) < 4.78 is 4.86. The summed E-state index contributed by atoms with van der Waals surface area (Å²) in [5.41, 5.74) is 0.197. The molecule has 0 atom stereocenters. The quantitative estimate of drug-likeness (QED) is 0.383. The zero-order valence-electron chi connectivity index (χ0n) is 16.9. The highest BCUT2D eigenvalue weighted by molar-refractivity contribution is 8.00. The first kappa shape index (κ1) is 22.1. The van der Waals surface area contributed by atoms with Crippen LogP contribution in [0.3, 0.4) is 0 Å². The number of non-ortho nitro benzene ring substituents is 1. The molecule has 1 aromatic carbocycles. The molecule has 2 fully saturated rings. The Kier molecular flexibility index (Phi) is 6.96. The second kappa shape index (κ2) is 9.46. The highest BCUT2D eigenvalue weighted by atomic mass is 32.2. The summed E-state index contributed by atoms with van der Waals surface area (Å²) in [4.78, 5) is 50.7. The Bertz CT molecular complexity index is 838. The van der Waals surface area contributed by atoms with Gasteiger partial charge < -0.3 is 14.5 Å². The Balaban J connectivity index is 1.62. The van der Waals surface area contributed by atoms with E-state index in [-0.39, 0.29) is 36.3 Å². The lowest BCUT2D eigenvalue weighted by atomic mass is 10.0. The number of likely N-dealkylation sites (tertiary alicyclic amines) is 1. The van der Waals surface area contributed by atoms with Crippen LogP contribution in [0, 0.1) is 10.1 Å². The van der Waals surface area contributed by atoms with E-state index < -0.39 is 9.79 Å². The standard InChI is InChI=1S/C20H25N3O6S/c1-2-29-18(25)7-6-17(24)21-10-8-20(9-11-21)22(12-13-30-20)19(26)15-4-3-5-16(14-15)23(27)28/h3-5,14H,2,6-13H2,1H3. The fraction of sp³-hybridized carbons (Fsp3) is 0.550. The van der Waals surface area contributed by atoms with Crippen molar-refractivity contribution in [2.24, 2.45) is 0 Å². The topological polar surface area (TPSA) is 110 Å². The molecule has 2 amide bonds. The molecule has 2 heterocycles. The van der Waals surface area contributed by atoms with Crippen molar-refractivity contribution in [3.05, 3.63) is 39.9 Å². The summed E-state index contributed by atoms with van der Waals surface area (Å²) in [6.07, 6.45) is 1.45. The van der Waals surface area contributed by atoms with Crippen molar-refractivity contribution in [1.29, 1.82) is 0 Å². The third-order valence-electron chi connectivity index (χ3n) is 5.47. The molecular weight excluding hydrogens is 410 g/mol. The molecule has 162 valence electrons. The molecule has 0 aromatic heterocycles. The van der Waals surface area contributed by atoms with Crippen LogP contribution in [0.5, 0.6) is 0 Å². The molecular formula is C20H25N3O6S. The van der Waals surface area contributed by atoms with Crippen LogP contribution in [0.1, 0.15) is 43.0 Å². The van der Waals surface area contributed by atoms with Gasteiger partial charge in [0.15, 0.2) is 0 Å². The monoisotopic (exact) mass is 435 g/mol. The molecule has 0 unspecified atom stereocenters. The normalized spacial score (nSPS) is 17.8. The largest absolute Gasteiger partial charge is 0.466 e. The van der Waals surface area contributed by atoms with Crippen LogP contribution in [-0.2, 0) is 14.3 Å². The molecule has 0 radical (unpaired) electrons. The number of nitro groups is 1. The molecule has 2 aliphatic heterocycles. The number of amides is 2. The van der Waals surface area contributed by atoms with E-state index in [1.807, 2.05) is 0 Å². The summed E-state index contributed by atoms with van der Waals surface area (Å²) in [5.74, 6) is 0.111. The average molecular weight is 436 g/mol. The number of ether oxygens (including phenoxy) is 1. The number of piperidine rings is 1. The van der Waals surface area contributed by atoms with Crippen molar-refractivity contribution in [2.75, 3.05) is 32.0 Å². The molecule has 9 nitrogen and oxygen atoms in total. The summed E-state index contributed by atoms with van der Waals surface area (Å²) in [7, 11) is 0. The molecule has 10 heteroatoms. The van der Waals surface area contributed by atoms with E-state index in [2.05, 4.69) is 0 Å². The summed E-state index contributed by atoms with van der Waals surface area (Å²) in [6.45, 7) is 3.61. The van der Waals surface area contributed by atoms with E-state index in [0.29, 0.717) is 44.6 Å². The molecule has 0 bridgehead atoms. The fourth-order valence-corrected chi connectivity index (χ4v) is 5.38. The van der Waals surface area contributed by atoms with E-state index in [1.165, 1.54) is 18.2 Å². The molecule has 30 heavy (non-hydrogen) atoms. The van der Waals surface area contributed by atoms with Gasteiger partial charge in [-0.2, -0.15) is 0 Å². The molecule has 1 aromatic rings. The Morgan fingerprint density at radius 1 is 1.20 bits per heavy atom. The Labute approximate surface area is 178 Å². The number of benzene rings is 1. The van der Waals surface area contributed by atoms with Crippen LogP contribution in [-0.4, -0.2) is 69.4 Å². The first-order chi connectivity index (χ1) is 14.4. The van der Waals surface area contributed by atoms with Gasteiger partial charge in [0.2, 0.25) is 5.91 Å². The van der Waals surface area contributed by atoms with E-state index in [0.717, 1.165) is 5.75 Å². The minimum Gasteiger partial charge on any atom is -0.466 e. The number of rotatable bonds is 6. The molecule has 0 saturated carbocycles. The van der Waals surface area contributed by atoms with Gasteiger partial charge in [-0.05, 0) is 25.8 Å². The second-order valence-electron chi connectivity index (χ2n) is 7.24. The van der Waals surface area contributed by atoms with Crippen LogP contribution in [0.2, 0.25) is 0 Å². The maximum absolute atomic E-state index is 13.1. The van der Waals surface area contributed by atoms with Crippen molar-refractivity contribution < 1.29 is 24.0 Å². The summed E-state index contributed by atoms with van der Waals surface area (Å²) >= 11 is 1.70. The Morgan fingerprint density at radius 2 is 1.93 bits per heavy atom. The van der Waals surface area contributed by atoms with Gasteiger partial charge in [0.1, 0.15) is 0 Å². The maximum Gasteiger partial charge on any atom is 0.306 e. The zero-order chi connectivity index (χ0) is 21.7. The molecule has 1 spiro atoms. The van der Waals surface area contributed by atoms with E-state index in [1.54, 1.807) is 34.6 Å². The van der Waals surface area contributed by atoms with Crippen LogP contribution >= 0.6 is 11.8 Å². The Morgan fingerprint density at radius 3 is 2.60 bits per heavy atom. The minimum absolute atomic E-state index is 0.0699. The number of hydrogen-bond acceptors (Lipinski definition) is 7. The van der Waals surface area contributed by atoms with E-state index in [4.69, 9.17) is 4.74 Å². The van der Waals surface area contributed by atoms with Crippen LogP contribution in [0.4, 0.5) is 5.69 Å². The molecule has 0 aliphatic carbocycles. The van der Waals surface area contributed by atoms with Crippen molar-refractivity contribution in [3.63, 3.8) is 0 Å². The smallest absolute Gasteiger partial charge is 0.306 e. The first-order valence-corrected chi connectivity index (χ1v) is 11.0. The van der Waals surface area contributed by atoms with Crippen molar-refractivity contribution in [3.8, 4) is 0 Å². The number of nitro benzene ring substituents is 1. The first-order valence-electron chi connectivity index (χ1n) is 10.00. The lowest BCUT2D eigenvalue weighted by Gasteiger charge is -2.44. The van der Waals surface area contributed by atoms with Gasteiger partial charge in [-0.25, -0.2) is 0 Å². The van der Waals surface area contributed by atoms with Gasteiger partial charge in [-0.15, -0.1) is 11.8 Å². The Hall–Kier alpha value is -2.62. The summed E-state index contributed by atoms with van der Waals surface area (Å²) in [5, 5.41) is 11.0. The third kappa shape index (κ3) is 4.75. The lowest BCUT2D eigenvalue weighted by Crippen LogP contribution is -2.53. The van der Waals surface area contributed by atoms with Crippen LogP contribution in [0.25, 0.3) is 0 Å². The SMILES string of the molecule is CCOC(=O)CCC(=O)N1CCC2(CC1)SCCN2C(=O)c1cccc([N+](=O)[O-])c1. The van der Waals surface area contributed by atoms with Crippen molar-refractivity contribution in [2.45, 2.75) is 37.5 Å². The van der Waals surface area contributed by atoms with Gasteiger partial charge >= 0.3 is 5.97 Å². The number of carbonyl (C=O) groups is 3. The average Bonchev–Trinajstić information content (AvgIpc) is 3.15. The predicted molar refractivity (Wildman–Crippen MR) is 111 cm³/mol. The number of hydrogen-bond donors (Lipinski definition) is 0. The van der Waals surface area contributed by atoms with E-state index >= 15 is 0 Å². The number of nitrogens with zero attached hydrogens (tertiary/aromatic N) is 3. The fourth-order valence-electron chi connectivity index (χ4n) is 3.92. The van der Waals surface area contributed by atoms with Gasteiger partial charge in [-0.1, -0.05) is 6.07 Å². The van der Waals surface area contributed by atoms with Gasteiger partial charge in [0.25, 0.3) is 11.6 Å². The molecule has 2 saturated heterocycles. The van der Waals surface area contributed by atoms with Crippen molar-refractivity contribution in [1.82, 2.24) is 9.80 Å². The van der Waals surface area contributed by atoms with Crippen LogP contribution in [0.15, 0.2) is 24.3 Å². The molecule has 0 N–H and O–H groups in total. The molecule has 2 aliphatic rings. The third-order valence-corrected chi connectivity index (χ3v) is 7.03. The number of thioether (sulfide) groups is 1. The van der Waals surface area contributed by atoms with Gasteiger partial charge in [-0.3, -0.25) is 24.5 Å². The minimum atomic E-state index is -0.508.